The first kappa shape index (κ1) is 16.8. The number of nitrogens with zero attached hydrogens (tertiary/aromatic N) is 2. The largest absolute Gasteiger partial charge is 0.276 e. The topological polar surface area (TPSA) is 86.3 Å². The Kier molecular flexibility index (Phi) is 6.18. The van der Waals surface area contributed by atoms with Gasteiger partial charge in [-0.25, -0.2) is 0 Å². The van der Waals surface area contributed by atoms with Crippen molar-refractivity contribution in [3.8, 4) is 0 Å². The summed E-state index contributed by atoms with van der Waals surface area (Å²) in [7, 11) is 0. The second-order valence-corrected chi connectivity index (χ2v) is 4.07. The Balaban J connectivity index is 0.000000224. The van der Waals surface area contributed by atoms with Gasteiger partial charge in [0.2, 0.25) is 0 Å². The molecule has 22 heavy (non-hydrogen) atoms. The molecule has 2 rings (SSSR count). The number of rotatable bonds is 4. The lowest BCUT2D eigenvalue weighted by Crippen LogP contribution is -1.91. The summed E-state index contributed by atoms with van der Waals surface area (Å²) in [6, 6.07) is 12.6. The van der Waals surface area contributed by atoms with Crippen LogP contribution in [-0.4, -0.2) is 9.85 Å². The maximum Gasteiger partial charge on any atom is 0.276 e. The van der Waals surface area contributed by atoms with Gasteiger partial charge in [0, 0.05) is 12.1 Å². The Morgan fingerprint density at radius 1 is 0.773 bits per heavy atom. The minimum absolute atomic E-state index is 0.274. The molecule has 6 nitrogen and oxygen atoms in total. The van der Waals surface area contributed by atoms with E-state index in [0.29, 0.717) is 0 Å². The molecule has 0 aliphatic carbocycles. The van der Waals surface area contributed by atoms with E-state index in [1.165, 1.54) is 18.2 Å². The van der Waals surface area contributed by atoms with Crippen LogP contribution in [0, 0.1) is 20.2 Å². The van der Waals surface area contributed by atoms with Gasteiger partial charge in [-0.2, -0.15) is 0 Å². The summed E-state index contributed by atoms with van der Waals surface area (Å²) in [5.74, 6) is 0. The summed E-state index contributed by atoms with van der Waals surface area (Å²) < 4.78 is 0. The normalized spacial score (nSPS) is 9.09. The highest BCUT2D eigenvalue weighted by Crippen LogP contribution is 2.18. The molecular weight excluding hydrogens is 284 g/mol. The molecule has 0 spiro atoms. The molecule has 6 heteroatoms. The van der Waals surface area contributed by atoms with Crippen molar-refractivity contribution in [2.75, 3.05) is 0 Å². The Labute approximate surface area is 127 Å². The second-order valence-electron chi connectivity index (χ2n) is 4.07. The van der Waals surface area contributed by atoms with Gasteiger partial charge in [0.15, 0.2) is 0 Å². The molecular formula is C16H14N2O4. The van der Waals surface area contributed by atoms with Crippen LogP contribution in [0.2, 0.25) is 0 Å². The monoisotopic (exact) mass is 298 g/mol. The molecule has 2 aromatic rings. The van der Waals surface area contributed by atoms with Crippen molar-refractivity contribution in [2.24, 2.45) is 0 Å². The van der Waals surface area contributed by atoms with Gasteiger partial charge in [-0.05, 0) is 17.2 Å². The van der Waals surface area contributed by atoms with Crippen molar-refractivity contribution < 1.29 is 9.85 Å². The Morgan fingerprint density at radius 2 is 1.18 bits per heavy atom. The number of nitro benzene ring substituents is 2. The van der Waals surface area contributed by atoms with Crippen molar-refractivity contribution in [3.05, 3.63) is 93.0 Å². The SMILES string of the molecule is C=Cc1ccccc1C=C.O=[N+]([O-])c1cccc([N+](=O)[O-])c1. The van der Waals surface area contributed by atoms with E-state index >= 15 is 0 Å². The van der Waals surface area contributed by atoms with Crippen molar-refractivity contribution in [2.45, 2.75) is 0 Å². The molecule has 0 fully saturated rings. The summed E-state index contributed by atoms with van der Waals surface area (Å²) in [5.41, 5.74) is 1.73. The van der Waals surface area contributed by atoms with E-state index in [0.717, 1.165) is 17.2 Å². The van der Waals surface area contributed by atoms with Crippen LogP contribution in [0.5, 0.6) is 0 Å². The zero-order valence-corrected chi connectivity index (χ0v) is 11.7. The minimum atomic E-state index is -0.674. The van der Waals surface area contributed by atoms with E-state index < -0.39 is 9.85 Å². The molecule has 2 aromatic carbocycles. The van der Waals surface area contributed by atoms with Crippen molar-refractivity contribution in [3.63, 3.8) is 0 Å². The van der Waals surface area contributed by atoms with Gasteiger partial charge < -0.3 is 0 Å². The highest BCUT2D eigenvalue weighted by atomic mass is 16.6. The van der Waals surface area contributed by atoms with Gasteiger partial charge in [0.25, 0.3) is 11.4 Å². The summed E-state index contributed by atoms with van der Waals surface area (Å²) in [6.07, 6.45) is 3.66. The first-order valence-corrected chi connectivity index (χ1v) is 6.22. The van der Waals surface area contributed by atoms with Crippen molar-refractivity contribution in [1.29, 1.82) is 0 Å². The Bertz CT molecular complexity index is 655. The van der Waals surface area contributed by atoms with E-state index in [9.17, 15) is 20.2 Å². The van der Waals surface area contributed by atoms with Crippen LogP contribution < -0.4 is 0 Å². The fourth-order valence-corrected chi connectivity index (χ4v) is 1.60. The molecule has 0 unspecified atom stereocenters. The van der Waals surface area contributed by atoms with Crippen LogP contribution in [0.1, 0.15) is 11.1 Å². The number of benzene rings is 2. The molecule has 112 valence electrons. The number of hydrogen-bond donors (Lipinski definition) is 0. The lowest BCUT2D eigenvalue weighted by atomic mass is 10.1. The maximum atomic E-state index is 10.2. The molecule has 0 amide bonds. The molecule has 0 N–H and O–H groups in total. The van der Waals surface area contributed by atoms with E-state index in [1.54, 1.807) is 0 Å². The first-order valence-electron chi connectivity index (χ1n) is 6.22. The quantitative estimate of drug-likeness (QED) is 0.615. The molecule has 0 saturated heterocycles. The highest BCUT2D eigenvalue weighted by molar-refractivity contribution is 5.63. The summed E-state index contributed by atoms with van der Waals surface area (Å²) in [4.78, 5) is 19.0. The fourth-order valence-electron chi connectivity index (χ4n) is 1.60. The van der Waals surface area contributed by atoms with Crippen LogP contribution in [0.15, 0.2) is 61.7 Å². The standard InChI is InChI=1S/C10H10.C6H4N2O4/c1-3-9-7-5-6-8-10(9)4-2;9-7(10)5-2-1-3-6(4-5)8(11)12/h3-8H,1-2H2;1-4H. The van der Waals surface area contributed by atoms with E-state index in [1.807, 2.05) is 36.4 Å². The maximum absolute atomic E-state index is 10.2. The van der Waals surface area contributed by atoms with Gasteiger partial charge in [-0.15, -0.1) is 0 Å². The third-order valence-electron chi connectivity index (χ3n) is 2.69. The van der Waals surface area contributed by atoms with Gasteiger partial charge in [0.05, 0.1) is 15.9 Å². The predicted octanol–water partition coefficient (Wildman–Crippen LogP) is 4.48. The van der Waals surface area contributed by atoms with Crippen LogP contribution >= 0.6 is 0 Å². The Hall–Kier alpha value is -3.28. The summed E-state index contributed by atoms with van der Waals surface area (Å²) in [5, 5.41) is 20.3. The van der Waals surface area contributed by atoms with Crippen LogP contribution in [0.25, 0.3) is 12.2 Å². The molecule has 0 aliphatic heterocycles. The van der Waals surface area contributed by atoms with Gasteiger partial charge >= 0.3 is 0 Å². The number of non-ortho nitro benzene ring substituents is 2. The van der Waals surface area contributed by atoms with Gasteiger partial charge in [-0.3, -0.25) is 20.2 Å². The Morgan fingerprint density at radius 3 is 1.50 bits per heavy atom. The van der Waals surface area contributed by atoms with Crippen LogP contribution in [0.4, 0.5) is 11.4 Å². The first-order chi connectivity index (χ1) is 10.5. The molecule has 0 saturated carbocycles. The number of nitro groups is 2. The highest BCUT2D eigenvalue weighted by Gasteiger charge is 2.11. The lowest BCUT2D eigenvalue weighted by Gasteiger charge is -1.96. The van der Waals surface area contributed by atoms with Gasteiger partial charge in [0.1, 0.15) is 0 Å². The molecule has 0 radical (unpaired) electrons. The predicted molar refractivity (Wildman–Crippen MR) is 86.4 cm³/mol. The molecule has 0 aromatic heterocycles. The van der Waals surface area contributed by atoms with E-state index in [-0.39, 0.29) is 11.4 Å². The van der Waals surface area contributed by atoms with E-state index in [2.05, 4.69) is 13.2 Å². The van der Waals surface area contributed by atoms with E-state index in [4.69, 9.17) is 0 Å². The number of hydrogen-bond acceptors (Lipinski definition) is 4. The molecule has 0 atom stereocenters. The zero-order valence-electron chi connectivity index (χ0n) is 11.7. The average Bonchev–Trinajstić information content (AvgIpc) is 2.55. The second kappa shape index (κ2) is 8.11. The molecule has 0 bridgehead atoms. The third-order valence-corrected chi connectivity index (χ3v) is 2.69. The van der Waals surface area contributed by atoms with Gasteiger partial charge in [-0.1, -0.05) is 49.6 Å². The zero-order chi connectivity index (χ0) is 16.5. The average molecular weight is 298 g/mol. The van der Waals surface area contributed by atoms with Crippen molar-refractivity contribution >= 4 is 23.5 Å². The lowest BCUT2D eigenvalue weighted by molar-refractivity contribution is -0.394. The summed E-state index contributed by atoms with van der Waals surface area (Å²) in [6.45, 7) is 7.38. The summed E-state index contributed by atoms with van der Waals surface area (Å²) >= 11 is 0. The van der Waals surface area contributed by atoms with Crippen LogP contribution in [-0.2, 0) is 0 Å². The van der Waals surface area contributed by atoms with Crippen LogP contribution in [0.3, 0.4) is 0 Å². The van der Waals surface area contributed by atoms with Crippen molar-refractivity contribution in [1.82, 2.24) is 0 Å². The third kappa shape index (κ3) is 4.68. The molecule has 0 heterocycles. The molecule has 0 aliphatic rings. The fraction of sp³-hybridized carbons (Fsp3) is 0. The smallest absolute Gasteiger partial charge is 0.258 e. The minimum Gasteiger partial charge on any atom is -0.258 e.